The molecule has 1 aliphatic rings. The summed E-state index contributed by atoms with van der Waals surface area (Å²) < 4.78 is 2.18. The molecule has 0 spiro atoms. The van der Waals surface area contributed by atoms with Crippen molar-refractivity contribution < 1.29 is 0 Å². The van der Waals surface area contributed by atoms with Gasteiger partial charge < -0.3 is 4.40 Å². The van der Waals surface area contributed by atoms with Crippen molar-refractivity contribution in [2.24, 2.45) is 0 Å². The van der Waals surface area contributed by atoms with E-state index in [-0.39, 0.29) is 0 Å². The molecule has 0 radical (unpaired) electrons. The van der Waals surface area contributed by atoms with Crippen molar-refractivity contribution >= 4 is 22.6 Å². The monoisotopic (exact) mass is 278 g/mol. The predicted octanol–water partition coefficient (Wildman–Crippen LogP) is 3.60. The summed E-state index contributed by atoms with van der Waals surface area (Å²) in [7, 11) is 4.17. The van der Waals surface area contributed by atoms with E-state index in [1.165, 1.54) is 28.1 Å². The van der Waals surface area contributed by atoms with Gasteiger partial charge in [0.05, 0.1) is 22.6 Å². The zero-order valence-corrected chi connectivity index (χ0v) is 12.5. The smallest absolute Gasteiger partial charge is 0.0846 e. The summed E-state index contributed by atoms with van der Waals surface area (Å²) in [6, 6.07) is 14.8. The topological polar surface area (TPSA) is 14.1 Å². The molecule has 0 saturated heterocycles. The predicted molar refractivity (Wildman–Crippen MR) is 86.9 cm³/mol. The number of benzene rings is 1. The van der Waals surface area contributed by atoms with Crippen LogP contribution in [0.5, 0.6) is 0 Å². The molecule has 0 fully saturated rings. The second-order valence-electron chi connectivity index (χ2n) is 5.45. The minimum Gasteiger partial charge on any atom is -0.321 e. The van der Waals surface area contributed by atoms with Crippen LogP contribution in [0.25, 0.3) is 5.52 Å². The van der Waals surface area contributed by atoms with E-state index in [2.05, 4.69) is 95.4 Å². The number of hydrogen-bond donors (Lipinski definition) is 0. The number of hydrogen-bond acceptors (Lipinski definition) is 3. The molecule has 1 aromatic carbocycles. The van der Waals surface area contributed by atoms with Gasteiger partial charge in [0.15, 0.2) is 0 Å². The molecule has 0 atom stereocenters. The molecular weight excluding hydrogens is 260 g/mol. The number of fused-ring (bicyclic) bond motifs is 2. The number of pyridine rings is 1. The van der Waals surface area contributed by atoms with Gasteiger partial charge in [-0.25, -0.2) is 0 Å². The van der Waals surface area contributed by atoms with E-state index in [9.17, 15) is 0 Å². The first-order valence-corrected chi connectivity index (χ1v) is 7.11. The van der Waals surface area contributed by atoms with Crippen molar-refractivity contribution in [3.8, 4) is 0 Å². The zero-order valence-electron chi connectivity index (χ0n) is 12.5. The Bertz CT molecular complexity index is 821. The molecule has 4 heteroatoms. The lowest BCUT2D eigenvalue weighted by molar-refractivity contribution is 0.353. The Hall–Kier alpha value is -2.46. The highest BCUT2D eigenvalue weighted by Gasteiger charge is 2.31. The SMILES string of the molecule is Cc1c(N2c3ccccc3N(C)N2C)cn2ccccc12. The van der Waals surface area contributed by atoms with Gasteiger partial charge >= 0.3 is 0 Å². The number of nitrogens with zero attached hydrogens (tertiary/aromatic N) is 4. The van der Waals surface area contributed by atoms with Crippen LogP contribution in [-0.4, -0.2) is 23.6 Å². The normalized spacial score (nSPS) is 15.0. The molecule has 0 aliphatic carbocycles. The van der Waals surface area contributed by atoms with Crippen LogP contribution in [0.15, 0.2) is 54.9 Å². The van der Waals surface area contributed by atoms with Gasteiger partial charge in [0.1, 0.15) is 0 Å². The Morgan fingerprint density at radius 2 is 1.52 bits per heavy atom. The van der Waals surface area contributed by atoms with Crippen LogP contribution < -0.4 is 10.0 Å². The number of aromatic nitrogens is 1. The van der Waals surface area contributed by atoms with Crippen LogP contribution in [0.4, 0.5) is 17.1 Å². The molecule has 3 aromatic rings. The lowest BCUT2D eigenvalue weighted by Gasteiger charge is -2.30. The highest BCUT2D eigenvalue weighted by Crippen LogP contribution is 2.43. The zero-order chi connectivity index (χ0) is 14.6. The van der Waals surface area contributed by atoms with Crippen LogP contribution >= 0.6 is 0 Å². The van der Waals surface area contributed by atoms with Crippen molar-refractivity contribution in [1.29, 1.82) is 0 Å². The lowest BCUT2D eigenvalue weighted by Crippen LogP contribution is -2.41. The maximum atomic E-state index is 2.26. The van der Waals surface area contributed by atoms with Crippen molar-refractivity contribution in [3.05, 3.63) is 60.4 Å². The summed E-state index contributed by atoms with van der Waals surface area (Å²) in [4.78, 5) is 0. The summed E-state index contributed by atoms with van der Waals surface area (Å²) in [6.45, 7) is 2.18. The summed E-state index contributed by atoms with van der Waals surface area (Å²) in [5, 5.41) is 6.57. The van der Waals surface area contributed by atoms with E-state index in [0.29, 0.717) is 0 Å². The molecule has 1 aliphatic heterocycles. The Morgan fingerprint density at radius 1 is 0.810 bits per heavy atom. The summed E-state index contributed by atoms with van der Waals surface area (Å²) in [5.41, 5.74) is 6.16. The van der Waals surface area contributed by atoms with Crippen molar-refractivity contribution in [3.63, 3.8) is 0 Å². The van der Waals surface area contributed by atoms with E-state index >= 15 is 0 Å². The minimum atomic E-state index is 1.21. The van der Waals surface area contributed by atoms with Gasteiger partial charge in [-0.2, -0.15) is 0 Å². The molecule has 4 nitrogen and oxygen atoms in total. The summed E-state index contributed by atoms with van der Waals surface area (Å²) >= 11 is 0. The van der Waals surface area contributed by atoms with Crippen LogP contribution in [0.1, 0.15) is 5.56 Å². The second-order valence-corrected chi connectivity index (χ2v) is 5.45. The maximum Gasteiger partial charge on any atom is 0.0846 e. The van der Waals surface area contributed by atoms with Gasteiger partial charge in [0.2, 0.25) is 0 Å². The molecule has 21 heavy (non-hydrogen) atoms. The van der Waals surface area contributed by atoms with E-state index in [1.54, 1.807) is 0 Å². The third kappa shape index (κ3) is 1.59. The minimum absolute atomic E-state index is 1.21. The fraction of sp³-hybridized carbons (Fsp3) is 0.176. The fourth-order valence-electron chi connectivity index (χ4n) is 3.11. The molecule has 0 N–H and O–H groups in total. The third-order valence-electron chi connectivity index (χ3n) is 4.33. The van der Waals surface area contributed by atoms with Gasteiger partial charge in [-0.15, -0.1) is 5.12 Å². The molecule has 2 aromatic heterocycles. The Kier molecular flexibility index (Phi) is 2.50. The van der Waals surface area contributed by atoms with Gasteiger partial charge in [0, 0.05) is 26.5 Å². The van der Waals surface area contributed by atoms with Gasteiger partial charge in [-0.3, -0.25) is 10.0 Å². The highest BCUT2D eigenvalue weighted by molar-refractivity contribution is 5.83. The standard InChI is InChI=1S/C17H18N4/c1-13-14-8-6-7-11-20(14)12-17(13)21-16-10-5-4-9-15(16)18(2)19(21)3/h4-12H,1-3H3. The first kappa shape index (κ1) is 12.3. The second kappa shape index (κ2) is 4.27. The van der Waals surface area contributed by atoms with Crippen LogP contribution in [0.2, 0.25) is 0 Å². The number of para-hydroxylation sites is 2. The molecular formula is C17H18N4. The van der Waals surface area contributed by atoms with Gasteiger partial charge in [-0.05, 0) is 36.8 Å². The van der Waals surface area contributed by atoms with Gasteiger partial charge in [0.25, 0.3) is 0 Å². The molecule has 0 amide bonds. The number of rotatable bonds is 1. The van der Waals surface area contributed by atoms with Gasteiger partial charge in [-0.1, -0.05) is 18.2 Å². The van der Waals surface area contributed by atoms with E-state index < -0.39 is 0 Å². The van der Waals surface area contributed by atoms with Crippen LogP contribution in [-0.2, 0) is 0 Å². The molecule has 4 rings (SSSR count). The molecule has 3 heterocycles. The maximum absolute atomic E-state index is 2.26. The largest absolute Gasteiger partial charge is 0.321 e. The fourth-order valence-corrected chi connectivity index (χ4v) is 3.11. The number of aryl methyl sites for hydroxylation is 1. The average Bonchev–Trinajstić information content (AvgIpc) is 2.96. The lowest BCUT2D eigenvalue weighted by atomic mass is 10.2. The van der Waals surface area contributed by atoms with E-state index in [1.807, 2.05) is 0 Å². The van der Waals surface area contributed by atoms with Crippen molar-refractivity contribution in [1.82, 2.24) is 9.52 Å². The van der Waals surface area contributed by atoms with E-state index in [0.717, 1.165) is 0 Å². The first-order chi connectivity index (χ1) is 10.2. The summed E-state index contributed by atoms with van der Waals surface area (Å²) in [5.74, 6) is 0. The molecule has 106 valence electrons. The molecule has 0 saturated carbocycles. The van der Waals surface area contributed by atoms with Crippen molar-refractivity contribution in [2.45, 2.75) is 6.92 Å². The number of hydrazine groups is 2. The first-order valence-electron chi connectivity index (χ1n) is 7.11. The van der Waals surface area contributed by atoms with Crippen LogP contribution in [0, 0.1) is 6.92 Å². The Morgan fingerprint density at radius 3 is 2.29 bits per heavy atom. The van der Waals surface area contributed by atoms with Crippen LogP contribution in [0.3, 0.4) is 0 Å². The molecule has 0 unspecified atom stereocenters. The summed E-state index contributed by atoms with van der Waals surface area (Å²) in [6.07, 6.45) is 4.29. The molecule has 0 bridgehead atoms. The Labute approximate surface area is 124 Å². The quantitative estimate of drug-likeness (QED) is 0.675. The Balaban J connectivity index is 1.95. The third-order valence-corrected chi connectivity index (χ3v) is 4.33. The van der Waals surface area contributed by atoms with Crippen molar-refractivity contribution in [2.75, 3.05) is 24.1 Å². The van der Waals surface area contributed by atoms with E-state index in [4.69, 9.17) is 0 Å². The average molecular weight is 278 g/mol. The highest BCUT2D eigenvalue weighted by atomic mass is 15.9. The number of anilines is 3.